The largest absolute Gasteiger partial charge is 0.422 e. The Bertz CT molecular complexity index is 1250. The Morgan fingerprint density at radius 1 is 0.909 bits per heavy atom. The van der Waals surface area contributed by atoms with E-state index in [1.165, 1.54) is 0 Å². The van der Waals surface area contributed by atoms with Crippen LogP contribution in [0.25, 0.3) is 38.7 Å². The molecule has 5 aromatic rings. The summed E-state index contributed by atoms with van der Waals surface area (Å²) in [5.74, 6) is 0.574. The van der Waals surface area contributed by atoms with Crippen molar-refractivity contribution in [3.63, 3.8) is 0 Å². The molecule has 0 unspecified atom stereocenters. The fourth-order valence-electron chi connectivity index (χ4n) is 2.85. The SMILES string of the molecule is O=c1oc2ccccc2c2nc3nc4ccccc4n3cc12. The van der Waals surface area contributed by atoms with Crippen LogP contribution in [0.15, 0.2) is 63.9 Å². The third-order valence-electron chi connectivity index (χ3n) is 3.87. The van der Waals surface area contributed by atoms with E-state index in [2.05, 4.69) is 9.97 Å². The van der Waals surface area contributed by atoms with Crippen LogP contribution in [0.2, 0.25) is 0 Å². The van der Waals surface area contributed by atoms with Gasteiger partial charge in [0.05, 0.1) is 16.6 Å². The molecule has 0 fully saturated rings. The molecule has 0 spiro atoms. The number of benzene rings is 2. The number of nitrogens with zero attached hydrogens (tertiary/aromatic N) is 3. The first-order valence-corrected chi connectivity index (χ1v) is 6.91. The number of rotatable bonds is 0. The first-order chi connectivity index (χ1) is 10.8. The Labute approximate surface area is 123 Å². The fourth-order valence-corrected chi connectivity index (χ4v) is 2.85. The Hall–Kier alpha value is -3.21. The maximum Gasteiger partial charge on any atom is 0.347 e. The van der Waals surface area contributed by atoms with Gasteiger partial charge in [-0.05, 0) is 24.3 Å². The van der Waals surface area contributed by atoms with Crippen molar-refractivity contribution in [2.45, 2.75) is 0 Å². The van der Waals surface area contributed by atoms with Crippen LogP contribution in [0.5, 0.6) is 0 Å². The minimum Gasteiger partial charge on any atom is -0.422 e. The topological polar surface area (TPSA) is 60.4 Å². The van der Waals surface area contributed by atoms with Crippen molar-refractivity contribution in [3.05, 3.63) is 65.1 Å². The second-order valence-electron chi connectivity index (χ2n) is 5.16. The highest BCUT2D eigenvalue weighted by atomic mass is 16.4. The molecule has 0 saturated carbocycles. The van der Waals surface area contributed by atoms with E-state index in [-0.39, 0.29) is 5.63 Å². The maximum absolute atomic E-state index is 12.3. The summed E-state index contributed by atoms with van der Waals surface area (Å²) in [5, 5.41) is 1.26. The highest BCUT2D eigenvalue weighted by Gasteiger charge is 2.12. The summed E-state index contributed by atoms with van der Waals surface area (Å²) >= 11 is 0. The molecule has 0 amide bonds. The van der Waals surface area contributed by atoms with Crippen LogP contribution in [0, 0.1) is 0 Å². The fraction of sp³-hybridized carbons (Fsp3) is 0. The summed E-state index contributed by atoms with van der Waals surface area (Å²) in [7, 11) is 0. The van der Waals surface area contributed by atoms with E-state index in [0.717, 1.165) is 16.4 Å². The Morgan fingerprint density at radius 2 is 1.73 bits per heavy atom. The summed E-state index contributed by atoms with van der Waals surface area (Å²) in [5.41, 5.74) is 2.53. The van der Waals surface area contributed by atoms with Gasteiger partial charge in [0.15, 0.2) is 0 Å². The van der Waals surface area contributed by atoms with E-state index < -0.39 is 0 Å². The van der Waals surface area contributed by atoms with Gasteiger partial charge < -0.3 is 4.42 Å². The molecule has 22 heavy (non-hydrogen) atoms. The van der Waals surface area contributed by atoms with Gasteiger partial charge in [-0.25, -0.2) is 14.8 Å². The van der Waals surface area contributed by atoms with Crippen LogP contribution in [-0.2, 0) is 0 Å². The zero-order valence-electron chi connectivity index (χ0n) is 11.4. The van der Waals surface area contributed by atoms with Gasteiger partial charge >= 0.3 is 5.63 Å². The summed E-state index contributed by atoms with van der Waals surface area (Å²) in [4.78, 5) is 21.4. The molecular formula is C17H9N3O2. The van der Waals surface area contributed by atoms with Crippen molar-refractivity contribution >= 4 is 38.7 Å². The molecule has 0 bridgehead atoms. The summed E-state index contributed by atoms with van der Waals surface area (Å²) < 4.78 is 7.21. The quantitative estimate of drug-likeness (QED) is 0.324. The molecule has 3 aromatic heterocycles. The molecule has 0 saturated heterocycles. The van der Waals surface area contributed by atoms with Crippen molar-refractivity contribution in [2.24, 2.45) is 0 Å². The van der Waals surface area contributed by atoms with Gasteiger partial charge in [-0.15, -0.1) is 0 Å². The number of fused-ring (bicyclic) bond motifs is 6. The average molecular weight is 287 g/mol. The van der Waals surface area contributed by atoms with E-state index in [4.69, 9.17) is 4.42 Å². The first kappa shape index (κ1) is 11.4. The lowest BCUT2D eigenvalue weighted by Crippen LogP contribution is -2.03. The Kier molecular flexibility index (Phi) is 2.04. The molecule has 0 aliphatic carbocycles. The number of hydrogen-bond acceptors (Lipinski definition) is 4. The molecule has 5 rings (SSSR count). The standard InChI is InChI=1S/C17H9N3O2/c21-16-11-9-20-13-7-3-2-6-12(13)18-17(20)19-15(11)10-5-1-4-8-14(10)22-16/h1-9H. The smallest absolute Gasteiger partial charge is 0.347 e. The average Bonchev–Trinajstić information content (AvgIpc) is 2.91. The van der Waals surface area contributed by atoms with Gasteiger partial charge in [-0.3, -0.25) is 4.40 Å². The van der Waals surface area contributed by atoms with Crippen molar-refractivity contribution in [1.82, 2.24) is 14.4 Å². The molecule has 5 heteroatoms. The molecule has 3 heterocycles. The highest BCUT2D eigenvalue weighted by molar-refractivity contribution is 6.02. The molecular weight excluding hydrogens is 278 g/mol. The predicted octanol–water partition coefficient (Wildman–Crippen LogP) is 3.14. The van der Waals surface area contributed by atoms with E-state index in [1.807, 2.05) is 46.9 Å². The Morgan fingerprint density at radius 3 is 2.68 bits per heavy atom. The third kappa shape index (κ3) is 1.39. The third-order valence-corrected chi connectivity index (χ3v) is 3.87. The lowest BCUT2D eigenvalue weighted by molar-refractivity contribution is 0.569. The summed E-state index contributed by atoms with van der Waals surface area (Å²) in [6, 6.07) is 15.1. The van der Waals surface area contributed by atoms with Crippen LogP contribution in [0.3, 0.4) is 0 Å². The van der Waals surface area contributed by atoms with E-state index in [1.54, 1.807) is 12.3 Å². The molecule has 104 valence electrons. The second kappa shape index (κ2) is 3.92. The highest BCUT2D eigenvalue weighted by Crippen LogP contribution is 2.23. The molecule has 0 atom stereocenters. The van der Waals surface area contributed by atoms with Gasteiger partial charge in [-0.2, -0.15) is 0 Å². The van der Waals surface area contributed by atoms with E-state index in [9.17, 15) is 4.79 Å². The van der Waals surface area contributed by atoms with Gasteiger partial charge in [0.1, 0.15) is 11.0 Å². The van der Waals surface area contributed by atoms with E-state index in [0.29, 0.717) is 22.3 Å². The van der Waals surface area contributed by atoms with Crippen molar-refractivity contribution < 1.29 is 4.42 Å². The number of hydrogen-bond donors (Lipinski definition) is 0. The predicted molar refractivity (Wildman–Crippen MR) is 84.0 cm³/mol. The minimum absolute atomic E-state index is 0.388. The van der Waals surface area contributed by atoms with Crippen LogP contribution in [-0.4, -0.2) is 14.4 Å². The molecule has 0 radical (unpaired) electrons. The number of para-hydroxylation sites is 3. The van der Waals surface area contributed by atoms with Crippen LogP contribution < -0.4 is 5.63 Å². The molecule has 2 aromatic carbocycles. The van der Waals surface area contributed by atoms with Gasteiger partial charge in [-0.1, -0.05) is 24.3 Å². The van der Waals surface area contributed by atoms with Gasteiger partial charge in [0.25, 0.3) is 0 Å². The maximum atomic E-state index is 12.3. The molecule has 5 nitrogen and oxygen atoms in total. The lowest BCUT2D eigenvalue weighted by Gasteiger charge is -2.02. The summed E-state index contributed by atoms with van der Waals surface area (Å²) in [6.07, 6.45) is 1.76. The molecule has 0 N–H and O–H groups in total. The van der Waals surface area contributed by atoms with Gasteiger partial charge in [0, 0.05) is 11.6 Å². The Balaban J connectivity index is 2.09. The van der Waals surface area contributed by atoms with Crippen LogP contribution >= 0.6 is 0 Å². The number of imidazole rings is 1. The van der Waals surface area contributed by atoms with E-state index >= 15 is 0 Å². The van der Waals surface area contributed by atoms with Crippen LogP contribution in [0.4, 0.5) is 0 Å². The number of aromatic nitrogens is 3. The first-order valence-electron chi connectivity index (χ1n) is 6.91. The van der Waals surface area contributed by atoms with Crippen LogP contribution in [0.1, 0.15) is 0 Å². The second-order valence-corrected chi connectivity index (χ2v) is 5.16. The minimum atomic E-state index is -0.388. The lowest BCUT2D eigenvalue weighted by atomic mass is 10.2. The van der Waals surface area contributed by atoms with Crippen molar-refractivity contribution in [3.8, 4) is 0 Å². The van der Waals surface area contributed by atoms with Crippen molar-refractivity contribution in [1.29, 1.82) is 0 Å². The molecule has 0 aliphatic rings. The zero-order chi connectivity index (χ0) is 14.7. The summed E-state index contributed by atoms with van der Waals surface area (Å²) in [6.45, 7) is 0. The normalized spacial score (nSPS) is 11.8. The monoisotopic (exact) mass is 287 g/mol. The molecule has 0 aliphatic heterocycles. The van der Waals surface area contributed by atoms with Crippen molar-refractivity contribution in [2.75, 3.05) is 0 Å². The zero-order valence-corrected chi connectivity index (χ0v) is 11.4. The van der Waals surface area contributed by atoms with Gasteiger partial charge in [0.2, 0.25) is 5.78 Å².